The molecule has 0 saturated carbocycles. The molecule has 3 nitrogen and oxygen atoms in total. The number of halogens is 2. The quantitative estimate of drug-likeness (QED) is 0.813. The molecule has 0 atom stereocenters. The van der Waals surface area contributed by atoms with Gasteiger partial charge in [-0.2, -0.15) is 0 Å². The third-order valence-electron chi connectivity index (χ3n) is 2.42. The van der Waals surface area contributed by atoms with Crippen LogP contribution in [0.1, 0.15) is 23.7 Å². The Balaban J connectivity index is 2.89. The van der Waals surface area contributed by atoms with Crippen molar-refractivity contribution in [3.8, 4) is 5.75 Å². The summed E-state index contributed by atoms with van der Waals surface area (Å²) in [6, 6.07) is 4.88. The maximum atomic E-state index is 12.2. The van der Waals surface area contributed by atoms with Crippen molar-refractivity contribution in [2.75, 3.05) is 18.4 Å². The molecule has 0 radical (unpaired) electrons. The smallest absolute Gasteiger partial charge is 0.257 e. The number of alkyl halides is 1. The van der Waals surface area contributed by atoms with E-state index >= 15 is 0 Å². The van der Waals surface area contributed by atoms with Crippen molar-refractivity contribution in [1.29, 1.82) is 0 Å². The topological polar surface area (TPSA) is 40.5 Å². The molecule has 0 heterocycles. The van der Waals surface area contributed by atoms with Crippen LogP contribution >= 0.6 is 31.9 Å². The first-order chi connectivity index (χ1) is 8.10. The minimum absolute atomic E-state index is 0.0236. The zero-order valence-electron chi connectivity index (χ0n) is 9.62. The molecule has 0 fully saturated rings. The molecule has 0 saturated heterocycles. The predicted octanol–water partition coefficient (Wildman–Crippen LogP) is 3.40. The Morgan fingerprint density at radius 3 is 2.76 bits per heavy atom. The van der Waals surface area contributed by atoms with Crippen molar-refractivity contribution in [1.82, 2.24) is 4.90 Å². The van der Waals surface area contributed by atoms with E-state index in [4.69, 9.17) is 0 Å². The first-order valence-corrected chi connectivity index (χ1v) is 7.35. The summed E-state index contributed by atoms with van der Waals surface area (Å²) in [5.74, 6) is -0.109. The van der Waals surface area contributed by atoms with Crippen LogP contribution in [-0.4, -0.2) is 34.3 Å². The molecule has 0 spiro atoms. The highest BCUT2D eigenvalue weighted by molar-refractivity contribution is 9.10. The molecule has 0 aromatic heterocycles. The molecular weight excluding hydrogens is 350 g/mol. The summed E-state index contributed by atoms with van der Waals surface area (Å²) in [6.07, 6.45) is 0.897. The summed E-state index contributed by atoms with van der Waals surface area (Å²) < 4.78 is 0.787. The van der Waals surface area contributed by atoms with Gasteiger partial charge in [0.2, 0.25) is 0 Å². The van der Waals surface area contributed by atoms with Crippen LogP contribution in [0, 0.1) is 0 Å². The number of carbonyl (C=O) groups is 1. The molecule has 1 amide bonds. The molecule has 17 heavy (non-hydrogen) atoms. The van der Waals surface area contributed by atoms with Crippen molar-refractivity contribution in [3.05, 3.63) is 28.2 Å². The number of amides is 1. The largest absolute Gasteiger partial charge is 0.507 e. The van der Waals surface area contributed by atoms with Gasteiger partial charge in [-0.15, -0.1) is 0 Å². The van der Waals surface area contributed by atoms with Crippen LogP contribution in [0.5, 0.6) is 5.75 Å². The van der Waals surface area contributed by atoms with Crippen LogP contribution in [0.2, 0.25) is 0 Å². The highest BCUT2D eigenvalue weighted by atomic mass is 79.9. The lowest BCUT2D eigenvalue weighted by molar-refractivity contribution is 0.0762. The van der Waals surface area contributed by atoms with Gasteiger partial charge in [-0.1, -0.05) is 31.9 Å². The zero-order chi connectivity index (χ0) is 12.8. The zero-order valence-corrected chi connectivity index (χ0v) is 12.8. The fraction of sp³-hybridized carbons (Fsp3) is 0.417. The van der Waals surface area contributed by atoms with E-state index in [2.05, 4.69) is 31.9 Å². The highest BCUT2D eigenvalue weighted by Crippen LogP contribution is 2.23. The number of aromatic hydroxyl groups is 1. The Morgan fingerprint density at radius 2 is 2.18 bits per heavy atom. The second kappa shape index (κ2) is 7.01. The van der Waals surface area contributed by atoms with Crippen molar-refractivity contribution in [2.24, 2.45) is 0 Å². The Morgan fingerprint density at radius 1 is 1.47 bits per heavy atom. The van der Waals surface area contributed by atoms with E-state index < -0.39 is 0 Å². The Labute approximate surface area is 118 Å². The fourth-order valence-electron chi connectivity index (χ4n) is 1.50. The number of nitrogens with zero attached hydrogens (tertiary/aromatic N) is 1. The molecule has 1 N–H and O–H groups in total. The summed E-state index contributed by atoms with van der Waals surface area (Å²) in [6.45, 7) is 3.26. The van der Waals surface area contributed by atoms with Gasteiger partial charge < -0.3 is 10.0 Å². The molecule has 1 rings (SSSR count). The lowest BCUT2D eigenvalue weighted by Crippen LogP contribution is -2.32. The van der Waals surface area contributed by atoms with E-state index in [1.165, 1.54) is 6.07 Å². The number of benzene rings is 1. The average Bonchev–Trinajstić information content (AvgIpc) is 2.33. The monoisotopic (exact) mass is 363 g/mol. The standard InChI is InChI=1S/C12H15Br2NO2/c1-2-15(7-3-6-13)12(17)10-8-9(14)4-5-11(10)16/h4-5,8,16H,2-3,6-7H2,1H3. The van der Waals surface area contributed by atoms with Crippen LogP contribution in [0.25, 0.3) is 0 Å². The van der Waals surface area contributed by atoms with Gasteiger partial charge >= 0.3 is 0 Å². The number of phenolic OH excluding ortho intramolecular Hbond substituents is 1. The SMILES string of the molecule is CCN(CCCBr)C(=O)c1cc(Br)ccc1O. The molecular formula is C12H15Br2NO2. The van der Waals surface area contributed by atoms with E-state index in [0.29, 0.717) is 18.7 Å². The highest BCUT2D eigenvalue weighted by Gasteiger charge is 2.17. The summed E-state index contributed by atoms with van der Waals surface area (Å²) in [5.41, 5.74) is 0.343. The first-order valence-electron chi connectivity index (χ1n) is 5.44. The van der Waals surface area contributed by atoms with Crippen LogP contribution in [0.3, 0.4) is 0 Å². The molecule has 5 heteroatoms. The van der Waals surface area contributed by atoms with E-state index in [1.807, 2.05) is 6.92 Å². The van der Waals surface area contributed by atoms with Gasteiger partial charge in [0.25, 0.3) is 5.91 Å². The van der Waals surface area contributed by atoms with Crippen molar-refractivity contribution in [3.63, 3.8) is 0 Å². The van der Waals surface area contributed by atoms with Gasteiger partial charge in [-0.05, 0) is 31.5 Å². The van der Waals surface area contributed by atoms with E-state index in [1.54, 1.807) is 17.0 Å². The molecule has 94 valence electrons. The van der Waals surface area contributed by atoms with E-state index in [0.717, 1.165) is 16.2 Å². The minimum atomic E-state index is -0.132. The molecule has 0 aliphatic heterocycles. The van der Waals surface area contributed by atoms with Crippen LogP contribution < -0.4 is 0 Å². The van der Waals surface area contributed by atoms with Crippen molar-refractivity contribution in [2.45, 2.75) is 13.3 Å². The summed E-state index contributed by atoms with van der Waals surface area (Å²) in [4.78, 5) is 13.9. The Hall–Kier alpha value is -0.550. The summed E-state index contributed by atoms with van der Waals surface area (Å²) in [7, 11) is 0. The number of carbonyl (C=O) groups excluding carboxylic acids is 1. The molecule has 0 aliphatic rings. The minimum Gasteiger partial charge on any atom is -0.507 e. The van der Waals surface area contributed by atoms with Gasteiger partial charge in [0.05, 0.1) is 5.56 Å². The van der Waals surface area contributed by atoms with Crippen LogP contribution in [0.4, 0.5) is 0 Å². The molecule has 0 aliphatic carbocycles. The van der Waals surface area contributed by atoms with Crippen molar-refractivity contribution < 1.29 is 9.90 Å². The number of hydrogen-bond donors (Lipinski definition) is 1. The summed E-state index contributed by atoms with van der Waals surface area (Å²) >= 11 is 6.64. The maximum Gasteiger partial charge on any atom is 0.257 e. The Kier molecular flexibility index (Phi) is 5.98. The lowest BCUT2D eigenvalue weighted by Gasteiger charge is -2.21. The lowest BCUT2D eigenvalue weighted by atomic mass is 10.1. The van der Waals surface area contributed by atoms with Gasteiger partial charge in [0.1, 0.15) is 5.75 Å². The van der Waals surface area contributed by atoms with Gasteiger partial charge in [0.15, 0.2) is 0 Å². The fourth-order valence-corrected chi connectivity index (χ4v) is 2.12. The van der Waals surface area contributed by atoms with Crippen molar-refractivity contribution >= 4 is 37.8 Å². The van der Waals surface area contributed by atoms with Gasteiger partial charge in [-0.25, -0.2) is 0 Å². The second-order valence-corrected chi connectivity index (χ2v) is 5.30. The number of rotatable bonds is 5. The molecule has 0 unspecified atom stereocenters. The van der Waals surface area contributed by atoms with Crippen LogP contribution in [-0.2, 0) is 0 Å². The van der Waals surface area contributed by atoms with E-state index in [-0.39, 0.29) is 11.7 Å². The van der Waals surface area contributed by atoms with Gasteiger partial charge in [-0.3, -0.25) is 4.79 Å². The maximum absolute atomic E-state index is 12.2. The Bertz CT molecular complexity index is 396. The predicted molar refractivity (Wildman–Crippen MR) is 75.8 cm³/mol. The number of phenols is 1. The summed E-state index contributed by atoms with van der Waals surface area (Å²) in [5, 5.41) is 10.6. The normalized spacial score (nSPS) is 10.3. The first kappa shape index (κ1) is 14.5. The van der Waals surface area contributed by atoms with Gasteiger partial charge in [0, 0.05) is 22.9 Å². The number of hydrogen-bond acceptors (Lipinski definition) is 2. The average molecular weight is 365 g/mol. The molecule has 0 bridgehead atoms. The third-order valence-corrected chi connectivity index (χ3v) is 3.47. The van der Waals surface area contributed by atoms with Crippen LogP contribution in [0.15, 0.2) is 22.7 Å². The second-order valence-electron chi connectivity index (χ2n) is 3.59. The molecule has 1 aromatic carbocycles. The third kappa shape index (κ3) is 4.00. The van der Waals surface area contributed by atoms with E-state index in [9.17, 15) is 9.90 Å². The molecule has 1 aromatic rings.